The van der Waals surface area contributed by atoms with Crippen molar-refractivity contribution in [2.75, 3.05) is 25.0 Å². The largest absolute Gasteiger partial charge is 0.457 e. The van der Waals surface area contributed by atoms with Gasteiger partial charge in [-0.25, -0.2) is 4.79 Å². The van der Waals surface area contributed by atoms with Gasteiger partial charge in [0.05, 0.1) is 0 Å². The highest BCUT2D eigenvalue weighted by Crippen LogP contribution is 2.24. The quantitative estimate of drug-likeness (QED) is 0.315. The number of guanidine groups is 1. The van der Waals surface area contributed by atoms with Crippen molar-refractivity contribution in [2.45, 2.75) is 32.8 Å². The van der Waals surface area contributed by atoms with Crippen molar-refractivity contribution < 1.29 is 14.3 Å². The first-order chi connectivity index (χ1) is 14.3. The van der Waals surface area contributed by atoms with Gasteiger partial charge in [0, 0.05) is 31.4 Å². The van der Waals surface area contributed by atoms with Crippen molar-refractivity contribution in [1.29, 1.82) is 0 Å². The number of nitrogens with one attached hydrogen (secondary N) is 1. The Hall–Kier alpha value is -2.49. The molecule has 0 aliphatic carbocycles. The van der Waals surface area contributed by atoms with Crippen LogP contribution < -0.4 is 15.8 Å². The molecule has 168 valence electrons. The monoisotopic (exact) mass is 538 g/mol. The number of hydrogen-bond donors (Lipinski definition) is 2. The van der Waals surface area contributed by atoms with E-state index in [1.54, 1.807) is 4.90 Å². The highest BCUT2D eigenvalue weighted by Gasteiger charge is 2.29. The van der Waals surface area contributed by atoms with Gasteiger partial charge in [0.2, 0.25) is 0 Å². The van der Waals surface area contributed by atoms with Crippen molar-refractivity contribution in [1.82, 2.24) is 4.90 Å². The van der Waals surface area contributed by atoms with E-state index >= 15 is 0 Å². The molecule has 1 heterocycles. The summed E-state index contributed by atoms with van der Waals surface area (Å²) in [5.74, 6) is 2.09. The van der Waals surface area contributed by atoms with E-state index in [4.69, 9.17) is 15.2 Å². The van der Waals surface area contributed by atoms with Gasteiger partial charge in [-0.3, -0.25) is 4.99 Å². The number of benzene rings is 2. The first-order valence-electron chi connectivity index (χ1n) is 10.2. The highest BCUT2D eigenvalue weighted by molar-refractivity contribution is 14.0. The fraction of sp³-hybridized carbons (Fsp3) is 0.391. The molecule has 1 aliphatic heterocycles. The molecule has 1 fully saturated rings. The van der Waals surface area contributed by atoms with E-state index in [0.29, 0.717) is 31.3 Å². The number of para-hydroxylation sites is 1. The van der Waals surface area contributed by atoms with Crippen LogP contribution in [-0.2, 0) is 4.74 Å². The van der Waals surface area contributed by atoms with E-state index in [0.717, 1.165) is 17.9 Å². The van der Waals surface area contributed by atoms with E-state index in [9.17, 15) is 4.79 Å². The van der Waals surface area contributed by atoms with Gasteiger partial charge < -0.3 is 25.4 Å². The Morgan fingerprint density at radius 1 is 1.16 bits per heavy atom. The second-order valence-corrected chi connectivity index (χ2v) is 8.37. The van der Waals surface area contributed by atoms with Crippen molar-refractivity contribution in [3.8, 4) is 11.5 Å². The Morgan fingerprint density at radius 2 is 1.87 bits per heavy atom. The number of aliphatic imine (C=N–C) groups is 1. The Labute approximate surface area is 201 Å². The normalized spacial score (nSPS) is 16.4. The number of nitrogens with two attached hydrogens (primary N) is 1. The molecule has 1 amide bonds. The van der Waals surface area contributed by atoms with Crippen LogP contribution in [0.4, 0.5) is 10.5 Å². The molecule has 1 atom stereocenters. The molecule has 7 nitrogen and oxygen atoms in total. The minimum Gasteiger partial charge on any atom is -0.457 e. The summed E-state index contributed by atoms with van der Waals surface area (Å²) in [5, 5.41) is 3.10. The van der Waals surface area contributed by atoms with Crippen LogP contribution in [0, 0.1) is 5.92 Å². The third-order valence-corrected chi connectivity index (χ3v) is 4.54. The minimum absolute atomic E-state index is 0. The lowest BCUT2D eigenvalue weighted by atomic mass is 10.1. The number of amides is 1. The number of nitrogens with zero attached hydrogens (tertiary/aromatic N) is 2. The number of halogens is 1. The predicted molar refractivity (Wildman–Crippen MR) is 134 cm³/mol. The third-order valence-electron chi connectivity index (χ3n) is 4.54. The molecule has 2 aromatic rings. The van der Waals surface area contributed by atoms with E-state index in [-0.39, 0.29) is 36.0 Å². The van der Waals surface area contributed by atoms with Gasteiger partial charge in [0.25, 0.3) is 0 Å². The maximum absolute atomic E-state index is 12.2. The number of likely N-dealkylation sites (tertiary alicyclic amines) is 1. The average molecular weight is 538 g/mol. The lowest BCUT2D eigenvalue weighted by molar-refractivity contribution is 0.0289. The molecule has 0 aromatic heterocycles. The fourth-order valence-corrected chi connectivity index (χ4v) is 3.15. The fourth-order valence-electron chi connectivity index (χ4n) is 3.15. The van der Waals surface area contributed by atoms with Gasteiger partial charge in [-0.2, -0.15) is 0 Å². The first-order valence-corrected chi connectivity index (χ1v) is 10.2. The Morgan fingerprint density at radius 3 is 2.58 bits per heavy atom. The summed E-state index contributed by atoms with van der Waals surface area (Å²) in [6.07, 6.45) is 0.617. The van der Waals surface area contributed by atoms with Crippen molar-refractivity contribution in [3.63, 3.8) is 0 Å². The molecule has 2 aromatic carbocycles. The predicted octanol–water partition coefficient (Wildman–Crippen LogP) is 5.08. The van der Waals surface area contributed by atoms with Crippen LogP contribution in [0.5, 0.6) is 11.5 Å². The summed E-state index contributed by atoms with van der Waals surface area (Å²) in [5.41, 5.74) is 6.37. The molecule has 1 saturated heterocycles. The number of anilines is 1. The molecule has 3 N–H and O–H groups in total. The van der Waals surface area contributed by atoms with Crippen molar-refractivity contribution in [3.05, 3.63) is 54.6 Å². The zero-order chi connectivity index (χ0) is 21.6. The number of hydrogen-bond acceptors (Lipinski definition) is 4. The number of ether oxygens (including phenoxy) is 2. The van der Waals surface area contributed by atoms with E-state index in [2.05, 4.69) is 10.3 Å². The molecule has 1 aliphatic rings. The zero-order valence-corrected chi connectivity index (χ0v) is 20.5. The van der Waals surface area contributed by atoms with Gasteiger partial charge in [-0.1, -0.05) is 24.3 Å². The molecule has 0 bridgehead atoms. The van der Waals surface area contributed by atoms with Crippen LogP contribution in [-0.4, -0.2) is 42.2 Å². The average Bonchev–Trinajstić information content (AvgIpc) is 3.16. The molecular formula is C23H31IN4O3. The van der Waals surface area contributed by atoms with E-state index in [1.165, 1.54) is 0 Å². The van der Waals surface area contributed by atoms with Crippen LogP contribution in [0.15, 0.2) is 59.6 Å². The van der Waals surface area contributed by atoms with Gasteiger partial charge >= 0.3 is 6.09 Å². The molecular weight excluding hydrogens is 507 g/mol. The van der Waals surface area contributed by atoms with Gasteiger partial charge in [0.15, 0.2) is 5.96 Å². The SMILES string of the molecule is CC(C)(C)OC(=O)N1CCC(CN=C(N)Nc2cccc(Oc3ccccc3)c2)C1.I. The summed E-state index contributed by atoms with van der Waals surface area (Å²) < 4.78 is 11.3. The molecule has 8 heteroatoms. The Bertz CT molecular complexity index is 884. The van der Waals surface area contributed by atoms with E-state index in [1.807, 2.05) is 75.4 Å². The van der Waals surface area contributed by atoms with Crippen LogP contribution >= 0.6 is 24.0 Å². The van der Waals surface area contributed by atoms with Crippen LogP contribution in [0.1, 0.15) is 27.2 Å². The maximum atomic E-state index is 12.2. The molecule has 0 spiro atoms. The number of rotatable bonds is 5. The summed E-state index contributed by atoms with van der Waals surface area (Å²) in [6.45, 7) is 7.48. The molecule has 0 radical (unpaired) electrons. The topological polar surface area (TPSA) is 89.2 Å². The summed E-state index contributed by atoms with van der Waals surface area (Å²) in [4.78, 5) is 18.4. The Balaban J connectivity index is 0.00000341. The Kier molecular flexibility index (Phi) is 8.97. The van der Waals surface area contributed by atoms with Crippen LogP contribution in [0.3, 0.4) is 0 Å². The second kappa shape index (κ2) is 11.2. The molecule has 0 saturated carbocycles. The van der Waals surface area contributed by atoms with Crippen LogP contribution in [0.2, 0.25) is 0 Å². The smallest absolute Gasteiger partial charge is 0.410 e. The molecule has 3 rings (SSSR count). The van der Waals surface area contributed by atoms with Crippen LogP contribution in [0.25, 0.3) is 0 Å². The standard InChI is InChI=1S/C23H30N4O3.HI/c1-23(2,3)30-22(28)27-13-12-17(16-27)15-25-21(24)26-18-8-7-11-20(14-18)29-19-9-5-4-6-10-19;/h4-11,14,17H,12-13,15-16H2,1-3H3,(H3,24,25,26);1H. The number of carbonyl (C=O) groups excluding carboxylic acids is 1. The molecule has 31 heavy (non-hydrogen) atoms. The summed E-state index contributed by atoms with van der Waals surface area (Å²) in [7, 11) is 0. The van der Waals surface area contributed by atoms with Gasteiger partial charge in [0.1, 0.15) is 17.1 Å². The minimum atomic E-state index is -0.486. The summed E-state index contributed by atoms with van der Waals surface area (Å²) in [6, 6.07) is 17.1. The second-order valence-electron chi connectivity index (χ2n) is 8.37. The van der Waals surface area contributed by atoms with Gasteiger partial charge in [-0.15, -0.1) is 24.0 Å². The third kappa shape index (κ3) is 8.28. The van der Waals surface area contributed by atoms with E-state index < -0.39 is 5.60 Å². The highest BCUT2D eigenvalue weighted by atomic mass is 127. The first kappa shape index (κ1) is 24.8. The lowest BCUT2D eigenvalue weighted by Gasteiger charge is -2.24. The number of carbonyl (C=O) groups is 1. The maximum Gasteiger partial charge on any atom is 0.410 e. The zero-order valence-electron chi connectivity index (χ0n) is 18.2. The molecule has 1 unspecified atom stereocenters. The lowest BCUT2D eigenvalue weighted by Crippen LogP contribution is -2.35. The summed E-state index contributed by atoms with van der Waals surface area (Å²) >= 11 is 0. The van der Waals surface area contributed by atoms with Crippen molar-refractivity contribution >= 4 is 41.7 Å². The van der Waals surface area contributed by atoms with Crippen molar-refractivity contribution in [2.24, 2.45) is 16.6 Å². The van der Waals surface area contributed by atoms with Gasteiger partial charge in [-0.05, 0) is 57.4 Å².